The number of hydrogen-bond donors (Lipinski definition) is 4. The summed E-state index contributed by atoms with van der Waals surface area (Å²) in [7, 11) is -7.09. The first-order valence-corrected chi connectivity index (χ1v) is 17.6. The monoisotopic (exact) mass is 692 g/mol. The molecule has 1 amide bonds. The van der Waals surface area contributed by atoms with Gasteiger partial charge in [-0.2, -0.15) is 4.98 Å². The lowest BCUT2D eigenvalue weighted by Gasteiger charge is -2.17. The minimum atomic E-state index is -4.01. The van der Waals surface area contributed by atoms with Crippen LogP contribution in [0.25, 0.3) is 11.1 Å². The standard InChI is InChI=1S/C29H30Cl2N6O6S2/c1-4-43-29(39)37-44(3,40)22-8-5-7-21(15-22)34-28-32-16-23(27(35-28)33-18(2)17-38)19-11-13-20(14-12-19)36-45(41,42)25-10-6-9-24(30)26(25)31/h5-16,18,36,38H,4,17H2,1-3H3,(H2,32,33,34,35)/t18?,44-/m0/s1. The predicted molar refractivity (Wildman–Crippen MR) is 176 cm³/mol. The molecule has 16 heteroatoms. The van der Waals surface area contributed by atoms with Gasteiger partial charge in [0.25, 0.3) is 10.0 Å². The number of hydrogen-bond acceptors (Lipinski definition) is 10. The number of amides is 1. The summed E-state index contributed by atoms with van der Waals surface area (Å²) < 4.78 is 49.9. The van der Waals surface area contributed by atoms with Crippen LogP contribution in [0.5, 0.6) is 0 Å². The fourth-order valence-corrected chi connectivity index (χ4v) is 6.89. The van der Waals surface area contributed by atoms with E-state index in [0.29, 0.717) is 27.5 Å². The predicted octanol–water partition coefficient (Wildman–Crippen LogP) is 6.40. The highest BCUT2D eigenvalue weighted by molar-refractivity contribution is 7.93. The van der Waals surface area contributed by atoms with Gasteiger partial charge in [0.05, 0.1) is 33.0 Å². The molecule has 0 fully saturated rings. The SMILES string of the molecule is CCOC(=O)N=[S@@](C)(=O)c1cccc(Nc2ncc(-c3ccc(NS(=O)(=O)c4cccc(Cl)c4Cl)cc3)c(NC(C)CO)n2)c1. The minimum Gasteiger partial charge on any atom is -0.448 e. The van der Waals surface area contributed by atoms with Gasteiger partial charge in [0.1, 0.15) is 10.7 Å². The summed E-state index contributed by atoms with van der Waals surface area (Å²) in [6.45, 7) is 3.34. The number of aliphatic hydroxyl groups is 1. The average molecular weight is 694 g/mol. The zero-order valence-electron chi connectivity index (χ0n) is 24.3. The number of carbonyl (C=O) groups is 1. The lowest BCUT2D eigenvalue weighted by Crippen LogP contribution is -2.21. The molecule has 0 aliphatic heterocycles. The highest BCUT2D eigenvalue weighted by Crippen LogP contribution is 2.32. The van der Waals surface area contributed by atoms with E-state index in [9.17, 15) is 22.5 Å². The van der Waals surface area contributed by atoms with Crippen LogP contribution in [0.15, 0.2) is 87.1 Å². The van der Waals surface area contributed by atoms with E-state index >= 15 is 0 Å². The van der Waals surface area contributed by atoms with Crippen molar-refractivity contribution in [1.29, 1.82) is 0 Å². The molecule has 3 aromatic carbocycles. The first kappa shape index (κ1) is 33.9. The number of rotatable bonds is 11. The van der Waals surface area contributed by atoms with Crippen LogP contribution < -0.4 is 15.4 Å². The zero-order valence-corrected chi connectivity index (χ0v) is 27.5. The topological polar surface area (TPSA) is 172 Å². The summed E-state index contributed by atoms with van der Waals surface area (Å²) >= 11 is 12.1. The van der Waals surface area contributed by atoms with Crippen LogP contribution in [0.1, 0.15) is 13.8 Å². The Morgan fingerprint density at radius 1 is 1.04 bits per heavy atom. The van der Waals surface area contributed by atoms with Gasteiger partial charge in [0, 0.05) is 40.3 Å². The smallest absolute Gasteiger partial charge is 0.442 e. The van der Waals surface area contributed by atoms with Crippen molar-refractivity contribution in [3.63, 3.8) is 0 Å². The Balaban J connectivity index is 1.61. The second-order valence-corrected chi connectivity index (χ2v) is 14.4. The molecule has 0 bridgehead atoms. The molecule has 12 nitrogen and oxygen atoms in total. The Labute approximate surface area is 271 Å². The number of aliphatic hydroxyl groups excluding tert-OH is 1. The highest BCUT2D eigenvalue weighted by Gasteiger charge is 2.20. The fourth-order valence-electron chi connectivity index (χ4n) is 3.95. The van der Waals surface area contributed by atoms with Gasteiger partial charge < -0.3 is 20.5 Å². The summed E-state index contributed by atoms with van der Waals surface area (Å²) in [6.07, 6.45) is 2.00. The number of nitrogens with one attached hydrogen (secondary N) is 3. The van der Waals surface area contributed by atoms with Crippen molar-refractivity contribution in [2.75, 3.05) is 34.8 Å². The third-order valence-corrected chi connectivity index (χ3v) is 10.1. The summed E-state index contributed by atoms with van der Waals surface area (Å²) in [5.74, 6) is 0.581. The lowest BCUT2D eigenvalue weighted by molar-refractivity contribution is 0.164. The van der Waals surface area contributed by atoms with Gasteiger partial charge >= 0.3 is 6.09 Å². The largest absolute Gasteiger partial charge is 0.448 e. The summed E-state index contributed by atoms with van der Waals surface area (Å²) in [6, 6.07) is 17.0. The zero-order chi connectivity index (χ0) is 32.8. The second-order valence-electron chi connectivity index (χ2n) is 9.66. The Bertz CT molecular complexity index is 1930. The highest BCUT2D eigenvalue weighted by atomic mass is 35.5. The Morgan fingerprint density at radius 3 is 2.44 bits per heavy atom. The minimum absolute atomic E-state index is 0.0791. The molecule has 1 aromatic heterocycles. The molecule has 4 rings (SSSR count). The molecule has 0 saturated carbocycles. The van der Waals surface area contributed by atoms with E-state index in [4.69, 9.17) is 27.9 Å². The third kappa shape index (κ3) is 8.61. The summed E-state index contributed by atoms with van der Waals surface area (Å²) in [4.78, 5) is 21.0. The molecule has 0 aliphatic rings. The van der Waals surface area contributed by atoms with E-state index < -0.39 is 25.8 Å². The molecule has 1 unspecified atom stereocenters. The summed E-state index contributed by atoms with van der Waals surface area (Å²) in [5.41, 5.74) is 2.01. The van der Waals surface area contributed by atoms with Gasteiger partial charge in [-0.25, -0.2) is 22.4 Å². The van der Waals surface area contributed by atoms with Crippen LogP contribution in [-0.4, -0.2) is 59.3 Å². The van der Waals surface area contributed by atoms with Crippen LogP contribution in [0.4, 0.5) is 27.9 Å². The van der Waals surface area contributed by atoms with Gasteiger partial charge in [-0.1, -0.05) is 47.5 Å². The van der Waals surface area contributed by atoms with Gasteiger partial charge in [0.2, 0.25) is 5.95 Å². The molecule has 4 aromatic rings. The molecule has 0 radical (unpaired) electrons. The Kier molecular flexibility index (Phi) is 10.9. The van der Waals surface area contributed by atoms with Crippen LogP contribution in [0, 0.1) is 0 Å². The van der Waals surface area contributed by atoms with Crippen molar-refractivity contribution in [3.8, 4) is 11.1 Å². The molecular weight excluding hydrogens is 663 g/mol. The van der Waals surface area contributed by atoms with Crippen LogP contribution in [-0.2, 0) is 24.5 Å². The third-order valence-electron chi connectivity index (χ3n) is 6.14. The fraction of sp³-hybridized carbons (Fsp3) is 0.207. The molecule has 0 aliphatic carbocycles. The van der Waals surface area contributed by atoms with Crippen molar-refractivity contribution >= 4 is 72.2 Å². The van der Waals surface area contributed by atoms with Crippen molar-refractivity contribution < 1.29 is 27.3 Å². The van der Waals surface area contributed by atoms with E-state index in [0.717, 1.165) is 0 Å². The molecule has 1 heterocycles. The normalized spacial score (nSPS) is 13.3. The number of sulfonamides is 1. The van der Waals surface area contributed by atoms with Crippen molar-refractivity contribution in [2.45, 2.75) is 29.7 Å². The molecule has 0 saturated heterocycles. The Hall–Kier alpha value is -3.95. The molecule has 0 spiro atoms. The van der Waals surface area contributed by atoms with Crippen LogP contribution >= 0.6 is 23.2 Å². The maximum atomic E-state index is 13.1. The molecular formula is C29H30Cl2N6O6S2. The molecule has 2 atom stereocenters. The van der Waals surface area contributed by atoms with Crippen molar-refractivity contribution in [3.05, 3.63) is 83.0 Å². The van der Waals surface area contributed by atoms with Gasteiger partial charge in [0.15, 0.2) is 0 Å². The van der Waals surface area contributed by atoms with Gasteiger partial charge in [-0.3, -0.25) is 4.72 Å². The van der Waals surface area contributed by atoms with E-state index in [-0.39, 0.29) is 45.8 Å². The maximum Gasteiger partial charge on any atom is 0.442 e. The van der Waals surface area contributed by atoms with Crippen LogP contribution in [0.2, 0.25) is 10.0 Å². The number of nitrogens with zero attached hydrogens (tertiary/aromatic N) is 3. The number of halogens is 2. The van der Waals surface area contributed by atoms with E-state index in [1.165, 1.54) is 24.5 Å². The van der Waals surface area contributed by atoms with Crippen LogP contribution in [0.3, 0.4) is 0 Å². The number of carbonyl (C=O) groups excluding carboxylic acids is 1. The number of benzene rings is 3. The van der Waals surface area contributed by atoms with Gasteiger partial charge in [-0.15, -0.1) is 4.36 Å². The van der Waals surface area contributed by atoms with E-state index in [2.05, 4.69) is 29.7 Å². The average Bonchev–Trinajstić information content (AvgIpc) is 2.99. The number of aromatic nitrogens is 2. The second kappa shape index (κ2) is 14.4. The summed E-state index contributed by atoms with van der Waals surface area (Å²) in [5, 5.41) is 15.9. The maximum absolute atomic E-state index is 13.1. The first-order valence-electron chi connectivity index (χ1n) is 13.4. The van der Waals surface area contributed by atoms with Crippen molar-refractivity contribution in [1.82, 2.24) is 9.97 Å². The Morgan fingerprint density at radius 2 is 1.76 bits per heavy atom. The number of anilines is 4. The van der Waals surface area contributed by atoms with E-state index in [1.54, 1.807) is 68.6 Å². The van der Waals surface area contributed by atoms with Gasteiger partial charge in [-0.05, 0) is 61.9 Å². The van der Waals surface area contributed by atoms with E-state index in [1.807, 2.05) is 0 Å². The first-order chi connectivity index (χ1) is 21.3. The molecule has 45 heavy (non-hydrogen) atoms. The molecule has 238 valence electrons. The number of ether oxygens (including phenoxy) is 1. The molecule has 4 N–H and O–H groups in total. The lowest BCUT2D eigenvalue weighted by atomic mass is 10.1. The van der Waals surface area contributed by atoms with Crippen molar-refractivity contribution in [2.24, 2.45) is 4.36 Å². The quantitative estimate of drug-likeness (QED) is 0.138.